The molecule has 0 saturated carbocycles. The van der Waals surface area contributed by atoms with Gasteiger partial charge in [-0.3, -0.25) is 4.79 Å². The summed E-state index contributed by atoms with van der Waals surface area (Å²) in [5.74, 6) is 0.840. The molecule has 1 aliphatic heterocycles. The number of thiophene rings is 1. The van der Waals surface area contributed by atoms with Gasteiger partial charge >= 0.3 is 0 Å². The van der Waals surface area contributed by atoms with Crippen LogP contribution in [0.25, 0.3) is 10.4 Å². The molecule has 4 rings (SSSR count). The van der Waals surface area contributed by atoms with Gasteiger partial charge in [0, 0.05) is 29.6 Å². The zero-order valence-corrected chi connectivity index (χ0v) is 15.0. The van der Waals surface area contributed by atoms with Crippen molar-refractivity contribution in [1.29, 1.82) is 5.26 Å². The van der Waals surface area contributed by atoms with E-state index < -0.39 is 0 Å². The molecule has 2 heterocycles. The topological polar surface area (TPSA) is 53.3 Å². The van der Waals surface area contributed by atoms with Gasteiger partial charge in [-0.05, 0) is 35.9 Å². The molecule has 2 aromatic carbocycles. The third-order valence-corrected chi connectivity index (χ3v) is 5.56. The van der Waals surface area contributed by atoms with Gasteiger partial charge in [-0.1, -0.05) is 24.3 Å². The third-order valence-electron chi connectivity index (χ3n) is 4.36. The minimum Gasteiger partial charge on any atom is -0.488 e. The van der Waals surface area contributed by atoms with Crippen LogP contribution in [0.3, 0.4) is 0 Å². The van der Waals surface area contributed by atoms with Crippen LogP contribution in [0.1, 0.15) is 26.4 Å². The number of nitrogens with zero attached hydrogens (tertiary/aromatic N) is 2. The van der Waals surface area contributed by atoms with Crippen LogP contribution in [0.2, 0.25) is 0 Å². The second-order valence-corrected chi connectivity index (χ2v) is 7.28. The van der Waals surface area contributed by atoms with Crippen LogP contribution in [0.15, 0.2) is 54.6 Å². The lowest BCUT2D eigenvalue weighted by atomic mass is 10.1. The Labute approximate surface area is 155 Å². The molecule has 0 aliphatic carbocycles. The van der Waals surface area contributed by atoms with Crippen molar-refractivity contribution >= 4 is 17.2 Å². The molecule has 0 spiro atoms. The molecule has 0 bridgehead atoms. The average Bonchev–Trinajstić information content (AvgIpc) is 3.12. The highest BCUT2D eigenvalue weighted by Crippen LogP contribution is 2.42. The fourth-order valence-electron chi connectivity index (χ4n) is 3.08. The van der Waals surface area contributed by atoms with E-state index in [-0.39, 0.29) is 5.91 Å². The van der Waals surface area contributed by atoms with Crippen LogP contribution in [-0.2, 0) is 13.2 Å². The molecule has 0 unspecified atom stereocenters. The Bertz CT molecular complexity index is 1030. The Balaban J connectivity index is 1.58. The number of fused-ring (bicyclic) bond motifs is 3. The van der Waals surface area contributed by atoms with Crippen molar-refractivity contribution in [3.8, 4) is 22.3 Å². The van der Waals surface area contributed by atoms with Gasteiger partial charge in [-0.25, -0.2) is 0 Å². The summed E-state index contributed by atoms with van der Waals surface area (Å²) in [4.78, 5) is 16.4. The highest BCUT2D eigenvalue weighted by atomic mass is 32.1. The lowest BCUT2D eigenvalue weighted by molar-refractivity contribution is 0.0790. The molecule has 3 aromatic rings. The summed E-state index contributed by atoms with van der Waals surface area (Å²) in [6, 6.07) is 19.3. The van der Waals surface area contributed by atoms with E-state index in [0.717, 1.165) is 27.3 Å². The van der Waals surface area contributed by atoms with E-state index in [1.807, 2.05) is 48.5 Å². The minimum absolute atomic E-state index is 0.0239. The first kappa shape index (κ1) is 16.4. The van der Waals surface area contributed by atoms with Crippen molar-refractivity contribution in [3.05, 3.63) is 76.2 Å². The molecular formula is C21H16N2O2S. The van der Waals surface area contributed by atoms with E-state index in [9.17, 15) is 4.79 Å². The maximum absolute atomic E-state index is 12.9. The quantitative estimate of drug-likeness (QED) is 0.693. The van der Waals surface area contributed by atoms with Crippen molar-refractivity contribution in [2.45, 2.75) is 13.2 Å². The van der Waals surface area contributed by atoms with E-state index in [0.29, 0.717) is 23.6 Å². The standard InChI is InChI=1S/C21H16N2O2S/c1-23(12-15-6-4-5-14(9-15)11-22)21(24)19-10-16-13-25-18-8-3-2-7-17(18)20(16)26-19/h2-10H,12-13H2,1H3. The highest BCUT2D eigenvalue weighted by molar-refractivity contribution is 7.17. The Morgan fingerprint density at radius 2 is 2.08 bits per heavy atom. The van der Waals surface area contributed by atoms with Gasteiger partial charge in [-0.15, -0.1) is 11.3 Å². The van der Waals surface area contributed by atoms with Crippen LogP contribution >= 0.6 is 11.3 Å². The molecule has 0 N–H and O–H groups in total. The first-order chi connectivity index (χ1) is 12.7. The SMILES string of the molecule is CN(Cc1cccc(C#N)c1)C(=O)c1cc2c(s1)-c1ccccc1OC2. The van der Waals surface area contributed by atoms with E-state index in [4.69, 9.17) is 10.00 Å². The smallest absolute Gasteiger partial charge is 0.263 e. The fraction of sp³-hybridized carbons (Fsp3) is 0.143. The van der Waals surface area contributed by atoms with Crippen LogP contribution in [0.4, 0.5) is 0 Å². The summed E-state index contributed by atoms with van der Waals surface area (Å²) in [6.07, 6.45) is 0. The fourth-order valence-corrected chi connectivity index (χ4v) is 4.27. The summed E-state index contributed by atoms with van der Waals surface area (Å²) in [5, 5.41) is 9.02. The normalized spacial score (nSPS) is 11.7. The number of carbonyl (C=O) groups is 1. The molecule has 0 saturated heterocycles. The lowest BCUT2D eigenvalue weighted by Crippen LogP contribution is -2.25. The van der Waals surface area contributed by atoms with Crippen molar-refractivity contribution in [2.24, 2.45) is 0 Å². The number of nitriles is 1. The Hall–Kier alpha value is -3.10. The van der Waals surface area contributed by atoms with Gasteiger partial charge < -0.3 is 9.64 Å². The number of para-hydroxylation sites is 1. The number of hydrogen-bond donors (Lipinski definition) is 0. The van der Waals surface area contributed by atoms with Crippen LogP contribution in [0.5, 0.6) is 5.75 Å². The Kier molecular flexibility index (Phi) is 4.19. The summed E-state index contributed by atoms with van der Waals surface area (Å²) in [5.41, 5.74) is 3.64. The summed E-state index contributed by atoms with van der Waals surface area (Å²) < 4.78 is 5.78. The van der Waals surface area contributed by atoms with Crippen molar-refractivity contribution in [3.63, 3.8) is 0 Å². The molecule has 5 heteroatoms. The zero-order chi connectivity index (χ0) is 18.1. The summed E-state index contributed by atoms with van der Waals surface area (Å²) in [6.45, 7) is 0.952. The Morgan fingerprint density at radius 3 is 2.92 bits per heavy atom. The number of amides is 1. The van der Waals surface area contributed by atoms with E-state index in [1.165, 1.54) is 11.3 Å². The number of benzene rings is 2. The number of ether oxygens (including phenoxy) is 1. The molecule has 1 amide bonds. The van der Waals surface area contributed by atoms with Crippen LogP contribution in [0, 0.1) is 11.3 Å². The monoisotopic (exact) mass is 360 g/mol. The van der Waals surface area contributed by atoms with Gasteiger partial charge in [0.2, 0.25) is 0 Å². The maximum Gasteiger partial charge on any atom is 0.263 e. The molecule has 4 nitrogen and oxygen atoms in total. The molecule has 128 valence electrons. The molecule has 26 heavy (non-hydrogen) atoms. The van der Waals surface area contributed by atoms with Crippen LogP contribution < -0.4 is 4.74 Å². The first-order valence-electron chi connectivity index (χ1n) is 8.25. The summed E-state index contributed by atoms with van der Waals surface area (Å²) in [7, 11) is 1.78. The molecule has 0 atom stereocenters. The van der Waals surface area contributed by atoms with Gasteiger partial charge in [0.1, 0.15) is 12.4 Å². The van der Waals surface area contributed by atoms with Crippen molar-refractivity contribution < 1.29 is 9.53 Å². The number of hydrogen-bond acceptors (Lipinski definition) is 4. The van der Waals surface area contributed by atoms with E-state index >= 15 is 0 Å². The van der Waals surface area contributed by atoms with Gasteiger partial charge in [-0.2, -0.15) is 5.26 Å². The van der Waals surface area contributed by atoms with Gasteiger partial charge in [0.15, 0.2) is 0 Å². The zero-order valence-electron chi connectivity index (χ0n) is 14.2. The highest BCUT2D eigenvalue weighted by Gasteiger charge is 2.23. The minimum atomic E-state index is -0.0239. The van der Waals surface area contributed by atoms with Gasteiger partial charge in [0.05, 0.1) is 16.5 Å². The average molecular weight is 360 g/mol. The van der Waals surface area contributed by atoms with Crippen molar-refractivity contribution in [1.82, 2.24) is 4.90 Å². The molecule has 1 aliphatic rings. The predicted molar refractivity (Wildman–Crippen MR) is 101 cm³/mol. The second kappa shape index (κ2) is 6.66. The predicted octanol–water partition coefficient (Wildman–Crippen LogP) is 4.45. The second-order valence-electron chi connectivity index (χ2n) is 6.22. The number of rotatable bonds is 3. The summed E-state index contributed by atoms with van der Waals surface area (Å²) >= 11 is 1.51. The Morgan fingerprint density at radius 1 is 1.23 bits per heavy atom. The van der Waals surface area contributed by atoms with Crippen LogP contribution in [-0.4, -0.2) is 17.9 Å². The lowest BCUT2D eigenvalue weighted by Gasteiger charge is -2.16. The third kappa shape index (κ3) is 2.96. The largest absolute Gasteiger partial charge is 0.488 e. The van der Waals surface area contributed by atoms with Crippen molar-refractivity contribution in [2.75, 3.05) is 7.05 Å². The maximum atomic E-state index is 12.9. The molecular weight excluding hydrogens is 344 g/mol. The molecule has 1 aromatic heterocycles. The number of carbonyl (C=O) groups excluding carboxylic acids is 1. The molecule has 0 radical (unpaired) electrons. The van der Waals surface area contributed by atoms with Gasteiger partial charge in [0.25, 0.3) is 5.91 Å². The van der Waals surface area contributed by atoms with E-state index in [2.05, 4.69) is 6.07 Å². The molecule has 0 fully saturated rings. The van der Waals surface area contributed by atoms with E-state index in [1.54, 1.807) is 18.0 Å². The first-order valence-corrected chi connectivity index (χ1v) is 9.07.